The minimum Gasteiger partial charge on any atom is -0.508 e. The van der Waals surface area contributed by atoms with E-state index in [1.165, 1.54) is 73.2 Å². The molecule has 1 aromatic heterocycles. The molecular weight excluding hydrogens is 629 g/mol. The van der Waals surface area contributed by atoms with E-state index in [0.717, 1.165) is 18.3 Å². The lowest BCUT2D eigenvalue weighted by Crippen LogP contribution is -2.16. The average molecular weight is 655 g/mol. The van der Waals surface area contributed by atoms with Crippen molar-refractivity contribution in [2.75, 3.05) is 6.26 Å². The number of imidazole rings is 1. The smallest absolute Gasteiger partial charge is 0.508 e. The lowest BCUT2D eigenvalue weighted by atomic mass is 9.97. The standard InChI is InChI=1S/C30H25F7N4O3S/c1-16(38)10-24(40-20-5-7-21(8-6-20)44-30(35,36)37)22-11-18(19-12-26(42)23(14-31)27(13-19)45(3)43)4-9-25(22)41-15-28(29(32,33)34)39-17(41)2/h4-13,15,42H,14,38H2,1-3H3. The van der Waals surface area contributed by atoms with Gasteiger partial charge in [0.1, 0.15) is 24.0 Å². The van der Waals surface area contributed by atoms with Crippen LogP contribution < -0.4 is 10.5 Å². The molecular formula is C30H25F7N4O3S. The fraction of sp³-hybridized carbons (Fsp3) is 0.200. The van der Waals surface area contributed by atoms with E-state index in [1.54, 1.807) is 0 Å². The Kier molecular flexibility index (Phi) is 9.42. The Morgan fingerprint density at radius 1 is 1.07 bits per heavy atom. The molecule has 0 spiro atoms. The lowest BCUT2D eigenvalue weighted by molar-refractivity contribution is -0.274. The van der Waals surface area contributed by atoms with Gasteiger partial charge in [-0.25, -0.2) is 14.4 Å². The van der Waals surface area contributed by atoms with Crippen molar-refractivity contribution in [1.82, 2.24) is 9.55 Å². The molecule has 0 fully saturated rings. The molecule has 3 N–H and O–H groups in total. The summed E-state index contributed by atoms with van der Waals surface area (Å²) < 4.78 is 110. The first-order chi connectivity index (χ1) is 21.0. The Labute approximate surface area is 255 Å². The molecule has 1 heterocycles. The van der Waals surface area contributed by atoms with Gasteiger partial charge in [0.15, 0.2) is 5.69 Å². The van der Waals surface area contributed by atoms with Crippen LogP contribution in [0.15, 0.2) is 82.5 Å². The van der Waals surface area contributed by atoms with Gasteiger partial charge in [0.25, 0.3) is 0 Å². The molecule has 3 aromatic carbocycles. The fourth-order valence-electron chi connectivity index (χ4n) is 4.42. The molecule has 238 valence electrons. The second kappa shape index (κ2) is 12.8. The maximum Gasteiger partial charge on any atom is 0.573 e. The number of aryl methyl sites for hydroxylation is 1. The first kappa shape index (κ1) is 33.2. The highest BCUT2D eigenvalue weighted by molar-refractivity contribution is 7.84. The minimum absolute atomic E-state index is 0.0219. The van der Waals surface area contributed by atoms with Gasteiger partial charge in [0, 0.05) is 34.2 Å². The van der Waals surface area contributed by atoms with Gasteiger partial charge in [-0.15, -0.1) is 13.2 Å². The number of phenolic OH excluding ortho intramolecular Hbond substituents is 1. The fourth-order valence-corrected chi connectivity index (χ4v) is 5.22. The third kappa shape index (κ3) is 7.90. The number of nitrogens with zero attached hydrogens (tertiary/aromatic N) is 3. The quantitative estimate of drug-likeness (QED) is 0.150. The van der Waals surface area contributed by atoms with Crippen LogP contribution in [-0.2, 0) is 23.7 Å². The summed E-state index contributed by atoms with van der Waals surface area (Å²) in [4.78, 5) is 8.21. The number of aliphatic imine (C=N–C) groups is 1. The van der Waals surface area contributed by atoms with E-state index in [-0.39, 0.29) is 44.6 Å². The zero-order valence-corrected chi connectivity index (χ0v) is 24.6. The van der Waals surface area contributed by atoms with Crippen LogP contribution in [0.25, 0.3) is 16.8 Å². The number of hydrogen-bond donors (Lipinski definition) is 2. The minimum atomic E-state index is -4.91. The number of nitrogens with two attached hydrogens (primary N) is 1. The predicted octanol–water partition coefficient (Wildman–Crippen LogP) is 7.66. The molecule has 4 aromatic rings. The molecule has 0 aliphatic rings. The molecule has 0 saturated heterocycles. The van der Waals surface area contributed by atoms with Crippen LogP contribution in [0.2, 0.25) is 0 Å². The molecule has 0 aliphatic carbocycles. The monoisotopic (exact) mass is 654 g/mol. The molecule has 45 heavy (non-hydrogen) atoms. The zero-order valence-electron chi connectivity index (χ0n) is 23.8. The molecule has 0 saturated carbocycles. The number of allylic oxidation sites excluding steroid dienone is 2. The van der Waals surface area contributed by atoms with E-state index in [0.29, 0.717) is 11.1 Å². The highest BCUT2D eigenvalue weighted by Gasteiger charge is 2.35. The summed E-state index contributed by atoms with van der Waals surface area (Å²) in [6.45, 7) is 1.82. The van der Waals surface area contributed by atoms with Gasteiger partial charge in [-0.2, -0.15) is 13.2 Å². The molecule has 0 amide bonds. The number of halogens is 7. The lowest BCUT2D eigenvalue weighted by Gasteiger charge is -2.16. The van der Waals surface area contributed by atoms with Gasteiger partial charge < -0.3 is 20.1 Å². The highest BCUT2D eigenvalue weighted by atomic mass is 32.2. The van der Waals surface area contributed by atoms with Crippen LogP contribution >= 0.6 is 0 Å². The summed E-state index contributed by atoms with van der Waals surface area (Å²) in [5, 5.41) is 10.5. The second-order valence-corrected chi connectivity index (χ2v) is 11.1. The number of rotatable bonds is 8. The molecule has 1 unspecified atom stereocenters. The maximum atomic E-state index is 13.6. The maximum absolute atomic E-state index is 13.6. The van der Waals surface area contributed by atoms with E-state index >= 15 is 0 Å². The Morgan fingerprint density at radius 2 is 1.73 bits per heavy atom. The van der Waals surface area contributed by atoms with Crippen LogP contribution in [0.4, 0.5) is 36.4 Å². The summed E-state index contributed by atoms with van der Waals surface area (Å²) >= 11 is 0. The summed E-state index contributed by atoms with van der Waals surface area (Å²) in [6.07, 6.45) is -6.13. The summed E-state index contributed by atoms with van der Waals surface area (Å²) in [5.74, 6) is -0.962. The van der Waals surface area contributed by atoms with Gasteiger partial charge in [-0.1, -0.05) is 6.07 Å². The van der Waals surface area contributed by atoms with Crippen molar-refractivity contribution in [3.8, 4) is 28.3 Å². The topological polar surface area (TPSA) is 103 Å². The van der Waals surface area contributed by atoms with E-state index in [2.05, 4.69) is 14.7 Å². The van der Waals surface area contributed by atoms with E-state index < -0.39 is 47.2 Å². The first-order valence-corrected chi connectivity index (χ1v) is 14.4. The second-order valence-electron chi connectivity index (χ2n) is 9.76. The van der Waals surface area contributed by atoms with Crippen molar-refractivity contribution in [2.45, 2.75) is 38.0 Å². The molecule has 7 nitrogen and oxygen atoms in total. The number of benzene rings is 3. The van der Waals surface area contributed by atoms with Gasteiger partial charge in [-0.3, -0.25) is 4.21 Å². The van der Waals surface area contributed by atoms with Crippen LogP contribution in [0.1, 0.15) is 29.6 Å². The molecule has 1 atom stereocenters. The van der Waals surface area contributed by atoms with Crippen LogP contribution in [0.3, 0.4) is 0 Å². The number of ether oxygens (including phenoxy) is 1. The number of hydrogen-bond acceptors (Lipinski definition) is 6. The predicted molar refractivity (Wildman–Crippen MR) is 155 cm³/mol. The molecule has 4 rings (SSSR count). The van der Waals surface area contributed by atoms with E-state index in [9.17, 15) is 40.0 Å². The van der Waals surface area contributed by atoms with Crippen LogP contribution in [0, 0.1) is 6.92 Å². The first-order valence-electron chi connectivity index (χ1n) is 12.9. The number of aromatic nitrogens is 2. The molecule has 15 heteroatoms. The van der Waals surface area contributed by atoms with Gasteiger partial charge in [0.2, 0.25) is 0 Å². The number of aromatic hydroxyl groups is 1. The van der Waals surface area contributed by atoms with E-state index in [4.69, 9.17) is 5.73 Å². The van der Waals surface area contributed by atoms with E-state index in [1.807, 2.05) is 0 Å². The Morgan fingerprint density at radius 3 is 2.27 bits per heavy atom. The van der Waals surface area contributed by atoms with Gasteiger partial charge in [0.05, 0.1) is 27.9 Å². The zero-order chi connectivity index (χ0) is 33.3. The van der Waals surface area contributed by atoms with Crippen molar-refractivity contribution >= 4 is 22.2 Å². The molecule has 0 radical (unpaired) electrons. The summed E-state index contributed by atoms with van der Waals surface area (Å²) in [7, 11) is -1.68. The van der Waals surface area contributed by atoms with Crippen molar-refractivity contribution in [3.63, 3.8) is 0 Å². The van der Waals surface area contributed by atoms with Crippen LogP contribution in [0.5, 0.6) is 11.5 Å². The Bertz CT molecular complexity index is 1810. The van der Waals surface area contributed by atoms with Crippen LogP contribution in [-0.4, -0.2) is 37.2 Å². The van der Waals surface area contributed by atoms with Gasteiger partial charge >= 0.3 is 12.5 Å². The third-order valence-corrected chi connectivity index (χ3v) is 7.33. The van der Waals surface area contributed by atoms with Gasteiger partial charge in [-0.05, 0) is 79.6 Å². The third-order valence-electron chi connectivity index (χ3n) is 6.35. The molecule has 0 bridgehead atoms. The van der Waals surface area contributed by atoms with Crippen molar-refractivity contribution in [3.05, 3.63) is 95.2 Å². The Balaban J connectivity index is 1.99. The normalized spacial score (nSPS) is 13.6. The number of alkyl halides is 7. The highest BCUT2D eigenvalue weighted by Crippen LogP contribution is 2.36. The van der Waals surface area contributed by atoms with Crippen molar-refractivity contribution < 1.29 is 44.8 Å². The SMILES string of the molecule is CC(N)=CC(=Nc1ccc(OC(F)(F)F)cc1)c1cc(-c2cc(O)c(CF)c(S(C)=O)c2)ccc1-n1cc(C(F)(F)F)nc1C. The number of phenols is 1. The largest absolute Gasteiger partial charge is 0.573 e. The summed E-state index contributed by atoms with van der Waals surface area (Å²) in [6, 6.07) is 11.8. The van der Waals surface area contributed by atoms with Crippen molar-refractivity contribution in [2.24, 2.45) is 10.7 Å². The Hall–Kier alpha value is -4.66. The average Bonchev–Trinajstić information content (AvgIpc) is 3.34. The van der Waals surface area contributed by atoms with Crippen molar-refractivity contribution in [1.29, 1.82) is 0 Å². The molecule has 0 aliphatic heterocycles. The summed E-state index contributed by atoms with van der Waals surface area (Å²) in [5.41, 5.74) is 6.23.